The van der Waals surface area contributed by atoms with Gasteiger partial charge in [0.15, 0.2) is 11.2 Å². The van der Waals surface area contributed by atoms with E-state index in [2.05, 4.69) is 46.5 Å². The van der Waals surface area contributed by atoms with Gasteiger partial charge in [-0.05, 0) is 17.7 Å². The molecule has 4 aromatic rings. The van der Waals surface area contributed by atoms with Crippen LogP contribution in [0.4, 0.5) is 6.01 Å². The van der Waals surface area contributed by atoms with Gasteiger partial charge in [0.1, 0.15) is 6.54 Å². The first kappa shape index (κ1) is 22.5. The number of anilines is 1. The van der Waals surface area contributed by atoms with E-state index in [1.807, 2.05) is 12.1 Å². The largest absolute Gasteiger partial charge is 0.407 e. The van der Waals surface area contributed by atoms with E-state index < -0.39 is 17.2 Å². The van der Waals surface area contributed by atoms with E-state index in [9.17, 15) is 14.4 Å². The number of aromatic nitrogens is 6. The van der Waals surface area contributed by atoms with Gasteiger partial charge in [0.25, 0.3) is 5.56 Å². The molecule has 1 N–H and O–H groups in total. The van der Waals surface area contributed by atoms with Gasteiger partial charge in [-0.2, -0.15) is 0 Å². The molecule has 0 unspecified atom stereocenters. The minimum absolute atomic E-state index is 0.0355. The standard InChI is InChI=1S/C21H23N7O4S/c1-12(2)33-14-7-5-13(6-8-14)9-16-24-25-20(32-16)23-15(29)10-28-11-22-18-17(28)19(30)27(4)21(31)26(18)3/h5-8,11-12H,9-10H2,1-4H3,(H,23,25,29). The molecule has 0 fully saturated rings. The summed E-state index contributed by atoms with van der Waals surface area (Å²) in [6.07, 6.45) is 1.78. The molecule has 0 radical (unpaired) electrons. The maximum Gasteiger partial charge on any atom is 0.332 e. The summed E-state index contributed by atoms with van der Waals surface area (Å²) in [6, 6.07) is 8.08. The summed E-state index contributed by atoms with van der Waals surface area (Å²) in [6.45, 7) is 4.07. The molecule has 11 nitrogen and oxygen atoms in total. The molecular formula is C21H23N7O4S. The third-order valence-electron chi connectivity index (χ3n) is 4.89. The molecule has 0 aliphatic heterocycles. The highest BCUT2D eigenvalue weighted by atomic mass is 32.2. The first-order valence-electron chi connectivity index (χ1n) is 10.2. The molecule has 0 atom stereocenters. The van der Waals surface area contributed by atoms with Crippen LogP contribution in [-0.2, 0) is 31.9 Å². The average molecular weight is 470 g/mol. The highest BCUT2D eigenvalue weighted by molar-refractivity contribution is 7.99. The van der Waals surface area contributed by atoms with E-state index in [1.54, 1.807) is 11.8 Å². The van der Waals surface area contributed by atoms with Crippen molar-refractivity contribution in [2.45, 2.75) is 37.0 Å². The van der Waals surface area contributed by atoms with E-state index in [1.165, 1.54) is 34.5 Å². The maximum atomic E-state index is 12.5. The van der Waals surface area contributed by atoms with Gasteiger partial charge < -0.3 is 8.98 Å². The lowest BCUT2D eigenvalue weighted by Crippen LogP contribution is -2.37. The predicted molar refractivity (Wildman–Crippen MR) is 123 cm³/mol. The third-order valence-corrected chi connectivity index (χ3v) is 5.91. The second kappa shape index (κ2) is 9.06. The number of hydrogen-bond acceptors (Lipinski definition) is 8. The summed E-state index contributed by atoms with van der Waals surface area (Å²) in [5, 5.41) is 10.9. The Morgan fingerprint density at radius 3 is 2.55 bits per heavy atom. The van der Waals surface area contributed by atoms with Crippen LogP contribution in [0.1, 0.15) is 25.3 Å². The molecule has 3 aromatic heterocycles. The quantitative estimate of drug-likeness (QED) is 0.404. The summed E-state index contributed by atoms with van der Waals surface area (Å²) >= 11 is 1.79. The third kappa shape index (κ3) is 4.75. The fourth-order valence-corrected chi connectivity index (χ4v) is 4.18. The minimum atomic E-state index is -0.531. The molecule has 172 valence electrons. The van der Waals surface area contributed by atoms with Crippen molar-refractivity contribution in [3.05, 3.63) is 62.9 Å². The Hall–Kier alpha value is -3.67. The minimum Gasteiger partial charge on any atom is -0.407 e. The second-order valence-electron chi connectivity index (χ2n) is 7.79. The van der Waals surface area contributed by atoms with Crippen LogP contribution < -0.4 is 16.6 Å². The number of benzene rings is 1. The predicted octanol–water partition coefficient (Wildman–Crippen LogP) is 1.55. The Balaban J connectivity index is 1.43. The number of rotatable bonds is 7. The fraction of sp³-hybridized carbons (Fsp3) is 0.333. The van der Waals surface area contributed by atoms with Crippen LogP contribution in [0.15, 0.2) is 49.5 Å². The molecule has 0 saturated heterocycles. The van der Waals surface area contributed by atoms with E-state index >= 15 is 0 Å². The van der Waals surface area contributed by atoms with Crippen LogP contribution in [0.2, 0.25) is 0 Å². The molecule has 4 rings (SSSR count). The number of thioether (sulfide) groups is 1. The fourth-order valence-electron chi connectivity index (χ4n) is 3.34. The van der Waals surface area contributed by atoms with E-state index in [4.69, 9.17) is 4.42 Å². The van der Waals surface area contributed by atoms with Crippen LogP contribution in [0.3, 0.4) is 0 Å². The summed E-state index contributed by atoms with van der Waals surface area (Å²) in [4.78, 5) is 42.3. The van der Waals surface area contributed by atoms with Gasteiger partial charge in [-0.25, -0.2) is 9.78 Å². The molecule has 3 heterocycles. The van der Waals surface area contributed by atoms with Crippen LogP contribution in [0, 0.1) is 0 Å². The monoisotopic (exact) mass is 469 g/mol. The summed E-state index contributed by atoms with van der Waals surface area (Å²) in [7, 11) is 2.89. The zero-order valence-corrected chi connectivity index (χ0v) is 19.4. The number of amides is 1. The van der Waals surface area contributed by atoms with Gasteiger partial charge in [-0.1, -0.05) is 31.1 Å². The van der Waals surface area contributed by atoms with E-state index in [0.717, 1.165) is 10.1 Å². The summed E-state index contributed by atoms with van der Waals surface area (Å²) in [5.41, 5.74) is 0.343. The van der Waals surface area contributed by atoms with Crippen molar-refractivity contribution < 1.29 is 9.21 Å². The smallest absolute Gasteiger partial charge is 0.332 e. The zero-order valence-electron chi connectivity index (χ0n) is 18.6. The Morgan fingerprint density at radius 1 is 1.12 bits per heavy atom. The Kier molecular flexibility index (Phi) is 6.18. The van der Waals surface area contributed by atoms with Crippen molar-refractivity contribution in [2.24, 2.45) is 14.1 Å². The highest BCUT2D eigenvalue weighted by Gasteiger charge is 2.17. The van der Waals surface area contributed by atoms with Crippen LogP contribution in [0.25, 0.3) is 11.2 Å². The lowest BCUT2D eigenvalue weighted by atomic mass is 10.1. The SMILES string of the molecule is CC(C)Sc1ccc(Cc2nnc(NC(=O)Cn3cnc4c3c(=O)n(C)c(=O)n4C)o2)cc1. The number of fused-ring (bicyclic) bond motifs is 1. The molecular weight excluding hydrogens is 446 g/mol. The lowest BCUT2D eigenvalue weighted by molar-refractivity contribution is -0.116. The Bertz CT molecular complexity index is 1430. The van der Waals surface area contributed by atoms with Gasteiger partial charge in [0.05, 0.1) is 12.7 Å². The van der Waals surface area contributed by atoms with Crippen LogP contribution >= 0.6 is 11.8 Å². The molecule has 0 spiro atoms. The van der Waals surface area contributed by atoms with Crippen molar-refractivity contribution in [3.8, 4) is 0 Å². The first-order valence-corrected chi connectivity index (χ1v) is 11.1. The molecule has 0 bridgehead atoms. The lowest BCUT2D eigenvalue weighted by Gasteiger charge is -2.06. The van der Waals surface area contributed by atoms with Crippen LogP contribution in [0.5, 0.6) is 0 Å². The van der Waals surface area contributed by atoms with Gasteiger partial charge in [0, 0.05) is 24.2 Å². The van der Waals surface area contributed by atoms with Crippen molar-refractivity contribution in [1.29, 1.82) is 0 Å². The summed E-state index contributed by atoms with van der Waals surface area (Å²) in [5.74, 6) is -0.109. The molecule has 12 heteroatoms. The van der Waals surface area contributed by atoms with Gasteiger partial charge in [0.2, 0.25) is 11.8 Å². The molecule has 1 amide bonds. The van der Waals surface area contributed by atoms with E-state index in [0.29, 0.717) is 17.6 Å². The number of carbonyl (C=O) groups is 1. The van der Waals surface area contributed by atoms with Gasteiger partial charge in [-0.15, -0.1) is 16.9 Å². The number of nitrogens with zero attached hydrogens (tertiary/aromatic N) is 6. The normalized spacial score (nSPS) is 11.4. The van der Waals surface area contributed by atoms with Gasteiger partial charge >= 0.3 is 11.7 Å². The van der Waals surface area contributed by atoms with Crippen molar-refractivity contribution in [2.75, 3.05) is 5.32 Å². The van der Waals surface area contributed by atoms with Gasteiger partial charge in [-0.3, -0.25) is 24.0 Å². The number of carbonyl (C=O) groups excluding carboxylic acids is 1. The topological polar surface area (TPSA) is 130 Å². The number of imidazole rings is 1. The van der Waals surface area contributed by atoms with Crippen LogP contribution in [-0.4, -0.2) is 40.0 Å². The second-order valence-corrected chi connectivity index (χ2v) is 9.44. The average Bonchev–Trinajstić information content (AvgIpc) is 3.38. The molecule has 1 aromatic carbocycles. The molecule has 0 aliphatic rings. The number of hydrogen-bond donors (Lipinski definition) is 1. The molecule has 0 saturated carbocycles. The van der Waals surface area contributed by atoms with Crippen molar-refractivity contribution in [3.63, 3.8) is 0 Å². The van der Waals surface area contributed by atoms with Crippen molar-refractivity contribution in [1.82, 2.24) is 28.9 Å². The highest BCUT2D eigenvalue weighted by Crippen LogP contribution is 2.23. The first-order chi connectivity index (χ1) is 15.7. The maximum absolute atomic E-state index is 12.5. The Morgan fingerprint density at radius 2 is 1.85 bits per heavy atom. The summed E-state index contributed by atoms with van der Waals surface area (Å²) < 4.78 is 9.14. The molecule has 33 heavy (non-hydrogen) atoms. The van der Waals surface area contributed by atoms with E-state index in [-0.39, 0.29) is 23.7 Å². The number of nitrogens with one attached hydrogen (secondary N) is 1. The Labute approximate surface area is 192 Å². The molecule has 0 aliphatic carbocycles. The zero-order chi connectivity index (χ0) is 23.7. The van der Waals surface area contributed by atoms with Crippen molar-refractivity contribution >= 4 is 34.8 Å². The number of aryl methyl sites for hydroxylation is 1.